The van der Waals surface area contributed by atoms with Crippen molar-refractivity contribution in [2.45, 2.75) is 39.4 Å². The molecular formula is C21H27NO3. The molecule has 0 radical (unpaired) electrons. The number of carbonyl (C=O) groups excluding carboxylic acids is 1. The first-order chi connectivity index (χ1) is 12.1. The summed E-state index contributed by atoms with van der Waals surface area (Å²) >= 11 is 0. The molecule has 0 spiro atoms. The number of rotatable bonds is 9. The molecule has 0 bridgehead atoms. The van der Waals surface area contributed by atoms with Crippen molar-refractivity contribution in [2.24, 2.45) is 0 Å². The smallest absolute Gasteiger partial charge is 0.260 e. The van der Waals surface area contributed by atoms with Gasteiger partial charge in [-0.15, -0.1) is 0 Å². The molecular weight excluding hydrogens is 314 g/mol. The van der Waals surface area contributed by atoms with E-state index in [1.54, 1.807) is 6.92 Å². The van der Waals surface area contributed by atoms with Crippen molar-refractivity contribution in [1.82, 2.24) is 5.32 Å². The first kappa shape index (κ1) is 19.0. The highest BCUT2D eigenvalue weighted by molar-refractivity contribution is 5.80. The van der Waals surface area contributed by atoms with E-state index in [1.165, 1.54) is 0 Å². The Morgan fingerprint density at radius 2 is 1.68 bits per heavy atom. The van der Waals surface area contributed by atoms with E-state index in [0.29, 0.717) is 25.7 Å². The van der Waals surface area contributed by atoms with Gasteiger partial charge in [0, 0.05) is 6.54 Å². The number of carbonyl (C=O) groups is 1. The molecule has 4 heteroatoms. The maximum atomic E-state index is 12.2. The van der Waals surface area contributed by atoms with Gasteiger partial charge in [-0.05, 0) is 30.0 Å². The number of hydrogen-bond donors (Lipinski definition) is 1. The Kier molecular flexibility index (Phi) is 7.48. The fraction of sp³-hybridized carbons (Fsp3) is 0.381. The van der Waals surface area contributed by atoms with Crippen LogP contribution in [0.2, 0.25) is 0 Å². The Labute approximate surface area is 150 Å². The molecule has 134 valence electrons. The summed E-state index contributed by atoms with van der Waals surface area (Å²) in [5, 5.41) is 2.85. The number of nitrogens with one attached hydrogen (secondary N) is 1. The largest absolute Gasteiger partial charge is 0.481 e. The highest BCUT2D eigenvalue weighted by Crippen LogP contribution is 2.26. The Balaban J connectivity index is 1.72. The van der Waals surface area contributed by atoms with Crippen LogP contribution in [0.5, 0.6) is 5.75 Å². The maximum absolute atomic E-state index is 12.2. The number of amides is 1. The minimum atomic E-state index is -0.547. The topological polar surface area (TPSA) is 47.6 Å². The lowest BCUT2D eigenvalue weighted by Crippen LogP contribution is -2.38. The van der Waals surface area contributed by atoms with Crippen molar-refractivity contribution in [2.75, 3.05) is 13.2 Å². The molecule has 0 unspecified atom stereocenters. The van der Waals surface area contributed by atoms with Crippen molar-refractivity contribution in [3.05, 3.63) is 65.7 Å². The lowest BCUT2D eigenvalue weighted by Gasteiger charge is -2.18. The van der Waals surface area contributed by atoms with Gasteiger partial charge in [-0.1, -0.05) is 62.4 Å². The fourth-order valence-electron chi connectivity index (χ4n) is 2.46. The van der Waals surface area contributed by atoms with E-state index in [2.05, 4.69) is 19.2 Å². The van der Waals surface area contributed by atoms with Crippen molar-refractivity contribution in [3.63, 3.8) is 0 Å². The summed E-state index contributed by atoms with van der Waals surface area (Å²) in [6, 6.07) is 17.8. The molecule has 1 atom stereocenters. The van der Waals surface area contributed by atoms with Crippen molar-refractivity contribution in [1.29, 1.82) is 0 Å². The van der Waals surface area contributed by atoms with Crippen LogP contribution >= 0.6 is 0 Å². The second-order valence-electron chi connectivity index (χ2n) is 6.28. The van der Waals surface area contributed by atoms with Crippen molar-refractivity contribution >= 4 is 5.91 Å². The van der Waals surface area contributed by atoms with Gasteiger partial charge in [0.2, 0.25) is 0 Å². The summed E-state index contributed by atoms with van der Waals surface area (Å²) in [6.07, 6.45) is -0.547. The van der Waals surface area contributed by atoms with E-state index >= 15 is 0 Å². The van der Waals surface area contributed by atoms with Crippen LogP contribution in [0.3, 0.4) is 0 Å². The van der Waals surface area contributed by atoms with Crippen LogP contribution in [0.15, 0.2) is 54.6 Å². The Hall–Kier alpha value is -2.33. The lowest BCUT2D eigenvalue weighted by molar-refractivity contribution is -0.127. The molecule has 0 aromatic heterocycles. The average Bonchev–Trinajstić information content (AvgIpc) is 2.62. The summed E-state index contributed by atoms with van der Waals surface area (Å²) in [7, 11) is 0. The van der Waals surface area contributed by atoms with Crippen LogP contribution < -0.4 is 10.1 Å². The van der Waals surface area contributed by atoms with Crippen molar-refractivity contribution < 1.29 is 14.3 Å². The number of hydrogen-bond acceptors (Lipinski definition) is 3. The minimum Gasteiger partial charge on any atom is -0.481 e. The number of para-hydroxylation sites is 1. The molecule has 2 aromatic carbocycles. The summed E-state index contributed by atoms with van der Waals surface area (Å²) in [4.78, 5) is 12.2. The van der Waals surface area contributed by atoms with Gasteiger partial charge in [0.15, 0.2) is 6.10 Å². The standard InChI is InChI=1S/C21H27NO3/c1-16(2)19-11-7-8-12-20(19)25-17(3)21(23)22-13-14-24-15-18-9-5-4-6-10-18/h4-12,16-17H,13-15H2,1-3H3,(H,22,23)/t17-/m0/s1. The van der Waals surface area contributed by atoms with E-state index in [0.717, 1.165) is 16.9 Å². The Morgan fingerprint density at radius 1 is 1.00 bits per heavy atom. The summed E-state index contributed by atoms with van der Waals surface area (Å²) < 4.78 is 11.4. The Morgan fingerprint density at radius 3 is 2.40 bits per heavy atom. The monoisotopic (exact) mass is 341 g/mol. The van der Waals surface area contributed by atoms with E-state index in [4.69, 9.17) is 9.47 Å². The molecule has 0 heterocycles. The van der Waals surface area contributed by atoms with Crippen molar-refractivity contribution in [3.8, 4) is 5.75 Å². The zero-order valence-corrected chi connectivity index (χ0v) is 15.2. The third-order valence-electron chi connectivity index (χ3n) is 3.87. The van der Waals surface area contributed by atoms with Gasteiger partial charge in [0.05, 0.1) is 13.2 Å². The molecule has 4 nitrogen and oxygen atoms in total. The van der Waals surface area contributed by atoms with E-state index in [1.807, 2.05) is 54.6 Å². The predicted molar refractivity (Wildman–Crippen MR) is 99.7 cm³/mol. The molecule has 2 aromatic rings. The maximum Gasteiger partial charge on any atom is 0.260 e. The predicted octanol–water partition coefficient (Wildman–Crippen LogP) is 3.91. The molecule has 1 N–H and O–H groups in total. The third kappa shape index (κ3) is 6.24. The average molecular weight is 341 g/mol. The van der Waals surface area contributed by atoms with E-state index in [9.17, 15) is 4.79 Å². The summed E-state index contributed by atoms with van der Waals surface area (Å²) in [5.41, 5.74) is 2.23. The molecule has 0 saturated carbocycles. The van der Waals surface area contributed by atoms with Crippen LogP contribution in [0.4, 0.5) is 0 Å². The van der Waals surface area contributed by atoms with Gasteiger partial charge in [-0.2, -0.15) is 0 Å². The van der Waals surface area contributed by atoms with Gasteiger partial charge in [-0.3, -0.25) is 4.79 Å². The van der Waals surface area contributed by atoms with Crippen LogP contribution in [-0.2, 0) is 16.1 Å². The van der Waals surface area contributed by atoms with Gasteiger partial charge in [0.1, 0.15) is 5.75 Å². The van der Waals surface area contributed by atoms with Crippen LogP contribution in [0.1, 0.15) is 37.8 Å². The molecule has 0 saturated heterocycles. The van der Waals surface area contributed by atoms with Gasteiger partial charge in [-0.25, -0.2) is 0 Å². The molecule has 0 aliphatic carbocycles. The third-order valence-corrected chi connectivity index (χ3v) is 3.87. The van der Waals surface area contributed by atoms with Crippen LogP contribution in [0.25, 0.3) is 0 Å². The summed E-state index contributed by atoms with van der Waals surface area (Å²) in [6.45, 7) is 7.46. The first-order valence-electron chi connectivity index (χ1n) is 8.73. The molecule has 1 amide bonds. The second kappa shape index (κ2) is 9.84. The van der Waals surface area contributed by atoms with Gasteiger partial charge in [0.25, 0.3) is 5.91 Å². The van der Waals surface area contributed by atoms with Gasteiger partial charge >= 0.3 is 0 Å². The number of ether oxygens (including phenoxy) is 2. The van der Waals surface area contributed by atoms with Crippen LogP contribution in [0, 0.1) is 0 Å². The zero-order chi connectivity index (χ0) is 18.1. The SMILES string of the molecule is CC(C)c1ccccc1O[C@@H](C)C(=O)NCCOCc1ccccc1. The minimum absolute atomic E-state index is 0.137. The second-order valence-corrected chi connectivity index (χ2v) is 6.28. The summed E-state index contributed by atoms with van der Waals surface area (Å²) in [5.74, 6) is 0.972. The molecule has 0 aliphatic rings. The lowest BCUT2D eigenvalue weighted by atomic mass is 10.0. The normalized spacial score (nSPS) is 12.0. The molecule has 25 heavy (non-hydrogen) atoms. The quantitative estimate of drug-likeness (QED) is 0.704. The molecule has 0 fully saturated rings. The van der Waals surface area contributed by atoms with Gasteiger partial charge < -0.3 is 14.8 Å². The highest BCUT2D eigenvalue weighted by Gasteiger charge is 2.16. The van der Waals surface area contributed by atoms with E-state index < -0.39 is 6.10 Å². The zero-order valence-electron chi connectivity index (χ0n) is 15.2. The van der Waals surface area contributed by atoms with E-state index in [-0.39, 0.29) is 5.91 Å². The highest BCUT2D eigenvalue weighted by atomic mass is 16.5. The Bertz CT molecular complexity index is 655. The van der Waals surface area contributed by atoms with Crippen LogP contribution in [-0.4, -0.2) is 25.2 Å². The fourth-order valence-corrected chi connectivity index (χ4v) is 2.46. The molecule has 2 rings (SSSR count). The number of benzene rings is 2. The first-order valence-corrected chi connectivity index (χ1v) is 8.73. The molecule has 0 aliphatic heterocycles.